The van der Waals surface area contributed by atoms with E-state index in [9.17, 15) is 14.9 Å². The van der Waals surface area contributed by atoms with Crippen molar-refractivity contribution < 1.29 is 27.8 Å². The molecular weight excluding hydrogens is 843 g/mol. The Bertz CT molecular complexity index is 2840. The fourth-order valence-electron chi connectivity index (χ4n) is 10.7. The minimum atomic E-state index is -0.724. The van der Waals surface area contributed by atoms with Crippen molar-refractivity contribution in [2.75, 3.05) is 54.4 Å². The molecule has 6 aliphatic rings. The molecule has 17 heteroatoms. The van der Waals surface area contributed by atoms with Gasteiger partial charge in [-0.15, -0.1) is 0 Å². The van der Waals surface area contributed by atoms with Crippen molar-refractivity contribution in [2.24, 2.45) is 11.0 Å². The molecule has 1 saturated carbocycles. The van der Waals surface area contributed by atoms with E-state index in [1.165, 1.54) is 17.7 Å². The number of nitrogens with one attached hydrogen (secondary N) is 2. The molecule has 2 N–H and O–H groups in total. The van der Waals surface area contributed by atoms with E-state index < -0.39 is 23.6 Å². The van der Waals surface area contributed by atoms with Crippen LogP contribution in [0.1, 0.15) is 73.8 Å². The highest BCUT2D eigenvalue weighted by Crippen LogP contribution is 2.44. The molecule has 15 nitrogen and oxygen atoms in total. The first-order chi connectivity index (χ1) is 32.2. The fourth-order valence-corrected chi connectivity index (χ4v) is 10.7. The van der Waals surface area contributed by atoms with Crippen LogP contribution in [0.3, 0.4) is 0 Å². The molecule has 2 amide bonds. The Hall–Kier alpha value is -6.90. The molecule has 1 unspecified atom stereocenters. The summed E-state index contributed by atoms with van der Waals surface area (Å²) in [7, 11) is 0. The maximum Gasteiger partial charge on any atom is 0.249 e. The molecule has 0 bridgehead atoms. The number of piperidine rings is 2. The molecule has 5 aliphatic heterocycles. The molecule has 66 heavy (non-hydrogen) atoms. The van der Waals surface area contributed by atoms with Gasteiger partial charge in [0.2, 0.25) is 18.0 Å². The zero-order chi connectivity index (χ0) is 44.9. The number of pyridine rings is 3. The third-order valence-electron chi connectivity index (χ3n) is 14.3. The van der Waals surface area contributed by atoms with Crippen LogP contribution in [0.2, 0.25) is 0 Å². The normalized spacial score (nSPS) is 23.6. The second-order valence-electron chi connectivity index (χ2n) is 18.2. The Morgan fingerprint density at radius 1 is 0.924 bits per heavy atom. The largest absolute Gasteiger partial charge is 0.373 e. The second kappa shape index (κ2) is 17.1. The molecule has 3 saturated heterocycles. The Balaban J connectivity index is 0.713. The van der Waals surface area contributed by atoms with Gasteiger partial charge >= 0.3 is 0 Å². The highest BCUT2D eigenvalue weighted by Gasteiger charge is 2.44. The first-order valence-corrected chi connectivity index (χ1v) is 22.9. The lowest BCUT2D eigenvalue weighted by Crippen LogP contribution is -2.51. The minimum absolute atomic E-state index is 0.0501. The van der Waals surface area contributed by atoms with E-state index in [0.29, 0.717) is 50.3 Å². The number of rotatable bonds is 8. The Kier molecular flexibility index (Phi) is 10.9. The number of benzene rings is 1. The molecule has 1 aliphatic carbocycles. The van der Waals surface area contributed by atoms with Gasteiger partial charge in [-0.3, -0.25) is 24.8 Å². The number of piperazine rings is 1. The van der Waals surface area contributed by atoms with Crippen LogP contribution in [0.25, 0.3) is 22.2 Å². The van der Waals surface area contributed by atoms with Crippen LogP contribution in [-0.4, -0.2) is 105 Å². The number of ether oxygens (including phenoxy) is 1. The number of halogens is 2. The number of aromatic nitrogens is 4. The fraction of sp³-hybridized carbons (Fsp3) is 0.388. The van der Waals surface area contributed by atoms with Gasteiger partial charge in [0.15, 0.2) is 17.8 Å². The third-order valence-corrected chi connectivity index (χ3v) is 14.3. The van der Waals surface area contributed by atoms with E-state index in [4.69, 9.17) is 14.8 Å². The summed E-state index contributed by atoms with van der Waals surface area (Å²) in [6.07, 6.45) is 19.5. The first kappa shape index (κ1) is 41.8. The topological polar surface area (TPSA) is 159 Å². The quantitative estimate of drug-likeness (QED) is 0.139. The summed E-state index contributed by atoms with van der Waals surface area (Å²) in [5, 5.41) is 24.4. The number of hydrazone groups is 1. The zero-order valence-electron chi connectivity index (χ0n) is 36.4. The molecule has 336 valence electrons. The Labute approximate surface area is 380 Å². The van der Waals surface area contributed by atoms with Crippen LogP contribution < -0.4 is 20.4 Å². The van der Waals surface area contributed by atoms with Gasteiger partial charge < -0.3 is 19.9 Å². The summed E-state index contributed by atoms with van der Waals surface area (Å²) in [6, 6.07) is 14.7. The number of hydrogen-bond donors (Lipinski definition) is 2. The number of allylic oxidation sites excluding steroid dienone is 1. The SMILES string of the molecule is N#Cc1cnn2cc(C3=C/[N+](=C/C4CCC(N5CCN(c6c(F)cc(NC7CCC(=O)NC7=O)cc6F)CC5)CC4)N=C3)cc(-c3ccc(N4CCC5(CC4)OCc4cccnc45)nc3)c12. The number of fused-ring (bicyclic) bond motifs is 3. The van der Waals surface area contributed by atoms with Gasteiger partial charge in [-0.1, -0.05) is 10.8 Å². The van der Waals surface area contributed by atoms with E-state index in [1.807, 2.05) is 41.8 Å². The average molecular weight is 892 g/mol. The number of amides is 2. The minimum Gasteiger partial charge on any atom is -0.373 e. The molecule has 9 heterocycles. The molecule has 1 atom stereocenters. The van der Waals surface area contributed by atoms with E-state index in [0.717, 1.165) is 90.9 Å². The maximum absolute atomic E-state index is 15.4. The van der Waals surface area contributed by atoms with Crippen molar-refractivity contribution in [2.45, 2.75) is 75.7 Å². The smallest absolute Gasteiger partial charge is 0.249 e. The lowest BCUT2D eigenvalue weighted by Gasteiger charge is -2.42. The Morgan fingerprint density at radius 2 is 1.73 bits per heavy atom. The van der Waals surface area contributed by atoms with Crippen molar-refractivity contribution in [3.8, 4) is 17.2 Å². The summed E-state index contributed by atoms with van der Waals surface area (Å²) in [5.41, 5.74) is 6.87. The number of carbonyl (C=O) groups excluding carboxylic acids is 2. The summed E-state index contributed by atoms with van der Waals surface area (Å²) in [6.45, 7) is 4.65. The van der Waals surface area contributed by atoms with Gasteiger partial charge in [0.05, 0.1) is 35.2 Å². The summed E-state index contributed by atoms with van der Waals surface area (Å²) in [4.78, 5) is 39.8. The van der Waals surface area contributed by atoms with Crippen LogP contribution >= 0.6 is 0 Å². The molecular formula is C49H49F2N12O3+. The van der Waals surface area contributed by atoms with Gasteiger partial charge in [0, 0.05) is 104 Å². The van der Waals surface area contributed by atoms with Crippen LogP contribution in [-0.2, 0) is 26.5 Å². The van der Waals surface area contributed by atoms with Crippen molar-refractivity contribution in [1.82, 2.24) is 29.8 Å². The van der Waals surface area contributed by atoms with Crippen LogP contribution in [0.4, 0.5) is 26.0 Å². The van der Waals surface area contributed by atoms with Crippen molar-refractivity contribution >= 4 is 52.5 Å². The lowest BCUT2D eigenvalue weighted by atomic mass is 9.85. The number of imide groups is 1. The standard InChI is InChI=1S/C49H48F2N12O3/c50-40-21-37(57-42-8-10-44(64)58-48(42)65)22-41(51)46(40)61-18-16-59(17-19-61)38-6-3-31(4-7-38)27-62-28-36(26-55-62)34-20-39(45-35(23-52)25-56-63(45)29-34)32-5-9-43(54-24-32)60-14-11-49(12-15-60)47-33(30-66-49)2-1-13-53-47/h1-2,5,9,13,20-22,24-29,31,38,42,57H,3-4,6-8,10-12,14-19,30H2/p+1/b62-27-. The number of nitrogens with zero attached hydrogens (tertiary/aromatic N) is 10. The lowest BCUT2D eigenvalue weighted by molar-refractivity contribution is -0.454. The highest BCUT2D eigenvalue weighted by molar-refractivity contribution is 6.10. The molecule has 11 rings (SSSR count). The van der Waals surface area contributed by atoms with Gasteiger partial charge in [-0.2, -0.15) is 10.4 Å². The van der Waals surface area contributed by atoms with Gasteiger partial charge in [0.1, 0.15) is 35.4 Å². The van der Waals surface area contributed by atoms with Gasteiger partial charge in [-0.05, 0) is 86.4 Å². The number of carbonyl (C=O) groups is 2. The van der Waals surface area contributed by atoms with Crippen molar-refractivity contribution in [3.63, 3.8) is 0 Å². The summed E-state index contributed by atoms with van der Waals surface area (Å²) >= 11 is 0. The van der Waals surface area contributed by atoms with E-state index >= 15 is 8.78 Å². The van der Waals surface area contributed by atoms with Gasteiger partial charge in [-0.25, -0.2) is 18.3 Å². The average Bonchev–Trinajstić information content (AvgIpc) is 4.08. The number of anilines is 3. The van der Waals surface area contributed by atoms with Crippen molar-refractivity contribution in [3.05, 3.63) is 107 Å². The molecule has 1 spiro atoms. The monoisotopic (exact) mass is 891 g/mol. The zero-order valence-corrected chi connectivity index (χ0v) is 36.4. The van der Waals surface area contributed by atoms with Crippen molar-refractivity contribution in [1.29, 1.82) is 5.26 Å². The Morgan fingerprint density at radius 3 is 2.47 bits per heavy atom. The molecule has 4 fully saturated rings. The third kappa shape index (κ3) is 7.87. The summed E-state index contributed by atoms with van der Waals surface area (Å²) < 4.78 is 40.7. The number of hydrogen-bond acceptors (Lipinski definition) is 12. The number of nitriles is 1. The maximum atomic E-state index is 15.4. The molecule has 0 radical (unpaired) electrons. The van der Waals surface area contributed by atoms with Gasteiger partial charge in [0.25, 0.3) is 0 Å². The van der Waals surface area contributed by atoms with E-state index in [2.05, 4.69) is 67.1 Å². The van der Waals surface area contributed by atoms with E-state index in [1.54, 1.807) is 15.6 Å². The first-order valence-electron chi connectivity index (χ1n) is 22.9. The van der Waals surface area contributed by atoms with Crippen LogP contribution in [0, 0.1) is 28.9 Å². The van der Waals surface area contributed by atoms with Crippen LogP contribution in [0.15, 0.2) is 78.6 Å². The molecule has 4 aromatic heterocycles. The highest BCUT2D eigenvalue weighted by atomic mass is 19.1. The molecule has 5 aromatic rings. The predicted octanol–water partition coefficient (Wildman–Crippen LogP) is 5.99. The molecule has 1 aromatic carbocycles. The summed E-state index contributed by atoms with van der Waals surface area (Å²) in [5.74, 6) is -0.954. The predicted molar refractivity (Wildman–Crippen MR) is 244 cm³/mol. The van der Waals surface area contributed by atoms with E-state index in [-0.39, 0.29) is 35.7 Å². The second-order valence-corrected chi connectivity index (χ2v) is 18.2. The van der Waals surface area contributed by atoms with Crippen LogP contribution in [0.5, 0.6) is 0 Å².